The molecule has 3 nitrogen and oxygen atoms in total. The molecule has 1 N–H and O–H groups in total. The minimum absolute atomic E-state index is 0.0325. The van der Waals surface area contributed by atoms with Crippen molar-refractivity contribution in [3.63, 3.8) is 0 Å². The van der Waals surface area contributed by atoms with Crippen molar-refractivity contribution in [2.45, 2.75) is 20.8 Å². The summed E-state index contributed by atoms with van der Waals surface area (Å²) in [6.45, 7) is 7.75. The molecular weight excluding hydrogens is 142 g/mol. The van der Waals surface area contributed by atoms with Gasteiger partial charge in [-0.1, -0.05) is 13.8 Å². The highest BCUT2D eigenvalue weighted by atomic mass is 16.5. The Morgan fingerprint density at radius 3 is 2.64 bits per heavy atom. The molecule has 0 rings (SSSR count). The fourth-order valence-corrected chi connectivity index (χ4v) is 0.729. The van der Waals surface area contributed by atoms with Gasteiger partial charge in [-0.25, -0.2) is 0 Å². The molecule has 0 bridgehead atoms. The van der Waals surface area contributed by atoms with Crippen molar-refractivity contribution < 1.29 is 9.53 Å². The van der Waals surface area contributed by atoms with Crippen LogP contribution in [0.2, 0.25) is 0 Å². The van der Waals surface area contributed by atoms with Crippen LogP contribution in [0.5, 0.6) is 0 Å². The molecule has 0 amide bonds. The van der Waals surface area contributed by atoms with Crippen molar-refractivity contribution in [3.05, 3.63) is 0 Å². The highest BCUT2D eigenvalue weighted by Crippen LogP contribution is 1.95. The van der Waals surface area contributed by atoms with E-state index in [1.165, 1.54) is 0 Å². The van der Waals surface area contributed by atoms with Crippen LogP contribution in [-0.4, -0.2) is 25.7 Å². The Bertz CT molecular complexity index is 115. The smallest absolute Gasteiger partial charge is 0.309 e. The Labute approximate surface area is 68.1 Å². The topological polar surface area (TPSA) is 38.3 Å². The summed E-state index contributed by atoms with van der Waals surface area (Å²) in [5.74, 6) is -0.150. The lowest BCUT2D eigenvalue weighted by Gasteiger charge is -2.09. The lowest BCUT2D eigenvalue weighted by molar-refractivity contribution is -0.147. The lowest BCUT2D eigenvalue weighted by Crippen LogP contribution is -2.27. The van der Waals surface area contributed by atoms with Crippen LogP contribution in [0.3, 0.4) is 0 Å². The summed E-state index contributed by atoms with van der Waals surface area (Å²) in [6, 6.07) is 0. The summed E-state index contributed by atoms with van der Waals surface area (Å²) in [6.07, 6.45) is 0. The summed E-state index contributed by atoms with van der Waals surface area (Å²) < 4.78 is 4.82. The van der Waals surface area contributed by atoms with Gasteiger partial charge in [0.05, 0.1) is 12.5 Å². The van der Waals surface area contributed by atoms with Crippen LogP contribution in [0.4, 0.5) is 0 Å². The number of rotatable bonds is 5. The number of carbonyl (C=O) groups is 1. The molecule has 0 spiro atoms. The van der Waals surface area contributed by atoms with Crippen molar-refractivity contribution in [2.75, 3.05) is 19.7 Å². The minimum Gasteiger partial charge on any atom is -0.466 e. The number of carbonyl (C=O) groups excluding carboxylic acids is 1. The third-order valence-corrected chi connectivity index (χ3v) is 1.39. The summed E-state index contributed by atoms with van der Waals surface area (Å²) in [5, 5.41) is 3.09. The average Bonchev–Trinajstić information content (AvgIpc) is 2.00. The Morgan fingerprint density at radius 1 is 1.55 bits per heavy atom. The van der Waals surface area contributed by atoms with E-state index in [0.29, 0.717) is 13.2 Å². The number of ether oxygens (including phenoxy) is 1. The molecule has 1 atom stereocenters. The van der Waals surface area contributed by atoms with E-state index in [-0.39, 0.29) is 11.9 Å². The van der Waals surface area contributed by atoms with Gasteiger partial charge in [0.2, 0.25) is 0 Å². The van der Waals surface area contributed by atoms with Crippen molar-refractivity contribution in [1.82, 2.24) is 5.32 Å². The summed E-state index contributed by atoms with van der Waals surface area (Å²) in [4.78, 5) is 11.0. The first-order valence-corrected chi connectivity index (χ1v) is 4.09. The molecule has 0 aromatic carbocycles. The molecule has 0 saturated carbocycles. The molecule has 3 heteroatoms. The molecule has 66 valence electrons. The molecule has 0 fully saturated rings. The fourth-order valence-electron chi connectivity index (χ4n) is 0.729. The van der Waals surface area contributed by atoms with Crippen LogP contribution in [0.15, 0.2) is 0 Å². The normalized spacial score (nSPS) is 12.6. The van der Waals surface area contributed by atoms with Crippen LogP contribution in [-0.2, 0) is 9.53 Å². The van der Waals surface area contributed by atoms with Crippen LogP contribution in [0.25, 0.3) is 0 Å². The van der Waals surface area contributed by atoms with Gasteiger partial charge in [-0.05, 0) is 13.5 Å². The van der Waals surface area contributed by atoms with Gasteiger partial charge in [0.25, 0.3) is 0 Å². The van der Waals surface area contributed by atoms with Crippen LogP contribution >= 0.6 is 0 Å². The second-order valence-corrected chi connectivity index (χ2v) is 2.46. The first kappa shape index (κ1) is 10.4. The fraction of sp³-hybridized carbons (Fsp3) is 0.875. The maximum Gasteiger partial charge on any atom is 0.309 e. The first-order chi connectivity index (χ1) is 5.22. The van der Waals surface area contributed by atoms with Crippen LogP contribution < -0.4 is 5.32 Å². The van der Waals surface area contributed by atoms with Gasteiger partial charge in [-0.15, -0.1) is 0 Å². The summed E-state index contributed by atoms with van der Waals surface area (Å²) in [7, 11) is 0. The third kappa shape index (κ3) is 4.79. The quantitative estimate of drug-likeness (QED) is 0.603. The predicted molar refractivity (Wildman–Crippen MR) is 44.3 cm³/mol. The molecule has 0 aliphatic heterocycles. The SMILES string of the molecule is CCNCC(C)C(=O)OCC. The van der Waals surface area contributed by atoms with E-state index < -0.39 is 0 Å². The third-order valence-electron chi connectivity index (χ3n) is 1.39. The molecule has 0 radical (unpaired) electrons. The van der Waals surface area contributed by atoms with E-state index in [1.807, 2.05) is 20.8 Å². The number of nitrogens with one attached hydrogen (secondary N) is 1. The maximum atomic E-state index is 11.0. The minimum atomic E-state index is -0.117. The van der Waals surface area contributed by atoms with Crippen molar-refractivity contribution in [3.8, 4) is 0 Å². The van der Waals surface area contributed by atoms with Gasteiger partial charge in [0, 0.05) is 6.54 Å². The lowest BCUT2D eigenvalue weighted by atomic mass is 10.2. The molecule has 0 aliphatic rings. The summed E-state index contributed by atoms with van der Waals surface area (Å²) in [5.41, 5.74) is 0. The zero-order valence-corrected chi connectivity index (χ0v) is 7.52. The van der Waals surface area contributed by atoms with E-state index in [1.54, 1.807) is 0 Å². The van der Waals surface area contributed by atoms with Crippen molar-refractivity contribution in [2.24, 2.45) is 5.92 Å². The highest BCUT2D eigenvalue weighted by Gasteiger charge is 2.11. The second-order valence-electron chi connectivity index (χ2n) is 2.46. The van der Waals surface area contributed by atoms with Crippen molar-refractivity contribution in [1.29, 1.82) is 0 Å². The van der Waals surface area contributed by atoms with E-state index >= 15 is 0 Å². The van der Waals surface area contributed by atoms with Crippen LogP contribution in [0, 0.1) is 5.92 Å². The summed E-state index contributed by atoms with van der Waals surface area (Å²) >= 11 is 0. The Balaban J connectivity index is 3.46. The Kier molecular flexibility index (Phi) is 5.84. The zero-order valence-electron chi connectivity index (χ0n) is 7.52. The standard InChI is InChI=1S/C8H17NO2/c1-4-9-6-7(3)8(10)11-5-2/h7,9H,4-6H2,1-3H3. The van der Waals surface area contributed by atoms with E-state index in [4.69, 9.17) is 4.74 Å². The van der Waals surface area contributed by atoms with Gasteiger partial charge >= 0.3 is 5.97 Å². The van der Waals surface area contributed by atoms with E-state index in [2.05, 4.69) is 5.32 Å². The molecule has 11 heavy (non-hydrogen) atoms. The Morgan fingerprint density at radius 2 is 2.18 bits per heavy atom. The van der Waals surface area contributed by atoms with E-state index in [0.717, 1.165) is 6.54 Å². The molecule has 1 unspecified atom stereocenters. The second kappa shape index (κ2) is 6.16. The molecule has 0 aliphatic carbocycles. The molecular formula is C8H17NO2. The van der Waals surface area contributed by atoms with Gasteiger partial charge in [-0.3, -0.25) is 4.79 Å². The number of hydrogen-bond acceptors (Lipinski definition) is 3. The average molecular weight is 159 g/mol. The van der Waals surface area contributed by atoms with Crippen molar-refractivity contribution >= 4 is 5.97 Å². The maximum absolute atomic E-state index is 11.0. The van der Waals surface area contributed by atoms with Gasteiger partial charge < -0.3 is 10.1 Å². The monoisotopic (exact) mass is 159 g/mol. The first-order valence-electron chi connectivity index (χ1n) is 4.09. The zero-order chi connectivity index (χ0) is 8.69. The Hall–Kier alpha value is -0.570. The van der Waals surface area contributed by atoms with Crippen LogP contribution in [0.1, 0.15) is 20.8 Å². The molecule has 0 aromatic rings. The van der Waals surface area contributed by atoms with Gasteiger partial charge in [0.1, 0.15) is 0 Å². The molecule has 0 heterocycles. The molecule has 0 aromatic heterocycles. The number of hydrogen-bond donors (Lipinski definition) is 1. The highest BCUT2D eigenvalue weighted by molar-refractivity contribution is 5.72. The van der Waals surface area contributed by atoms with E-state index in [9.17, 15) is 4.79 Å². The largest absolute Gasteiger partial charge is 0.466 e. The number of esters is 1. The van der Waals surface area contributed by atoms with Gasteiger partial charge in [-0.2, -0.15) is 0 Å². The molecule has 0 saturated heterocycles. The predicted octanol–water partition coefficient (Wildman–Crippen LogP) is 0.795. The van der Waals surface area contributed by atoms with Gasteiger partial charge in [0.15, 0.2) is 0 Å².